The first-order chi connectivity index (χ1) is 10.5. The lowest BCUT2D eigenvalue weighted by atomic mass is 9.90. The Balaban J connectivity index is 0.00000529. The lowest BCUT2D eigenvalue weighted by Crippen LogP contribution is -2.49. The van der Waals surface area contributed by atoms with Crippen LogP contribution in [0.25, 0.3) is 0 Å². The molecule has 7 heteroatoms. The molecule has 5 nitrogen and oxygen atoms in total. The van der Waals surface area contributed by atoms with Crippen molar-refractivity contribution >= 4 is 12.1 Å². The van der Waals surface area contributed by atoms with Crippen molar-refractivity contribution in [1.82, 2.24) is 5.32 Å². The summed E-state index contributed by atoms with van der Waals surface area (Å²) in [6.45, 7) is 6.81. The number of halogens is 2. The highest BCUT2D eigenvalue weighted by Crippen LogP contribution is 2.37. The van der Waals surface area contributed by atoms with Crippen LogP contribution < -0.4 is 5.32 Å². The molecule has 0 aromatic rings. The van der Waals surface area contributed by atoms with E-state index < -0.39 is 42.0 Å². The van der Waals surface area contributed by atoms with E-state index in [2.05, 4.69) is 5.32 Å². The van der Waals surface area contributed by atoms with Crippen LogP contribution in [0, 0.1) is 5.92 Å². The molecule has 1 saturated carbocycles. The third-order valence-electron chi connectivity index (χ3n) is 3.61. The van der Waals surface area contributed by atoms with E-state index in [1.165, 1.54) is 0 Å². The van der Waals surface area contributed by atoms with E-state index in [9.17, 15) is 18.4 Å². The predicted molar refractivity (Wildman–Crippen MR) is 83.4 cm³/mol. The average molecular weight is 337 g/mol. The Bertz CT molecular complexity index is 427. The molecule has 0 saturated heterocycles. The molecule has 1 amide bonds. The number of carbonyl (C=O) groups excluding carboxylic acids is 2. The van der Waals surface area contributed by atoms with Crippen molar-refractivity contribution in [2.75, 3.05) is 6.61 Å². The molecule has 0 bridgehead atoms. The van der Waals surface area contributed by atoms with Gasteiger partial charge in [-0.15, -0.1) is 0 Å². The van der Waals surface area contributed by atoms with Crippen molar-refractivity contribution in [1.29, 1.82) is 0 Å². The molecule has 1 aliphatic carbocycles. The molecule has 0 radical (unpaired) electrons. The van der Waals surface area contributed by atoms with Crippen LogP contribution in [0.15, 0.2) is 0 Å². The van der Waals surface area contributed by atoms with Gasteiger partial charge in [-0.05, 0) is 46.5 Å². The third-order valence-corrected chi connectivity index (χ3v) is 3.61. The Morgan fingerprint density at radius 2 is 2.00 bits per heavy atom. The van der Waals surface area contributed by atoms with Crippen molar-refractivity contribution in [3.8, 4) is 0 Å². The molecule has 0 aliphatic heterocycles. The van der Waals surface area contributed by atoms with Gasteiger partial charge in [-0.2, -0.15) is 0 Å². The van der Waals surface area contributed by atoms with Gasteiger partial charge in [0.25, 0.3) is 0 Å². The topological polar surface area (TPSA) is 64.6 Å². The maximum atomic E-state index is 13.8. The zero-order valence-corrected chi connectivity index (χ0v) is 14.3. The molecule has 0 aromatic carbocycles. The van der Waals surface area contributed by atoms with Gasteiger partial charge >= 0.3 is 12.1 Å². The minimum atomic E-state index is -2.83. The Kier molecular flexibility index (Phi) is 6.77. The summed E-state index contributed by atoms with van der Waals surface area (Å²) < 4.78 is 37.7. The summed E-state index contributed by atoms with van der Waals surface area (Å²) in [4.78, 5) is 24.1. The number of rotatable bonds is 4. The van der Waals surface area contributed by atoms with Crippen molar-refractivity contribution < 1.29 is 29.3 Å². The molecule has 0 spiro atoms. The maximum Gasteiger partial charge on any atom is 0.408 e. The Morgan fingerprint density at radius 1 is 1.35 bits per heavy atom. The Hall–Kier alpha value is -1.40. The van der Waals surface area contributed by atoms with Crippen molar-refractivity contribution in [3.05, 3.63) is 0 Å². The molecule has 0 heterocycles. The normalized spacial score (nSPS) is 22.6. The number of alkyl carbamates (subject to hydrolysis) is 1. The van der Waals surface area contributed by atoms with Crippen LogP contribution in [0.1, 0.15) is 61.2 Å². The Morgan fingerprint density at radius 3 is 2.57 bits per heavy atom. The van der Waals surface area contributed by atoms with E-state index in [1.807, 2.05) is 0 Å². The lowest BCUT2D eigenvalue weighted by Gasteiger charge is -2.28. The van der Waals surface area contributed by atoms with E-state index in [1.54, 1.807) is 27.7 Å². The van der Waals surface area contributed by atoms with Crippen molar-refractivity contribution in [3.63, 3.8) is 0 Å². The summed E-state index contributed by atoms with van der Waals surface area (Å²) in [5.41, 5.74) is -0.739. The van der Waals surface area contributed by atoms with E-state index >= 15 is 0 Å². The zero-order chi connectivity index (χ0) is 17.7. The number of esters is 1. The number of hydrogen-bond acceptors (Lipinski definition) is 4. The van der Waals surface area contributed by atoms with Gasteiger partial charge in [0.2, 0.25) is 5.92 Å². The quantitative estimate of drug-likeness (QED) is 0.624. The fourth-order valence-electron chi connectivity index (χ4n) is 2.70. The highest BCUT2D eigenvalue weighted by molar-refractivity contribution is 5.81. The number of carbonyl (C=O) groups is 2. The predicted octanol–water partition coefficient (Wildman–Crippen LogP) is 3.90. The standard InChI is InChI=1S/C16H27F2NO4.H2/c1-5-22-13(20)12(19-14(21)23-15(2,3)4)11-8-6-7-9-16(17,18)10-11;/h11-12H,5-10H2,1-4H3,(H,19,21);1H/t11-,12-;/m0./s1. The largest absolute Gasteiger partial charge is 0.464 e. The molecule has 23 heavy (non-hydrogen) atoms. The van der Waals surface area contributed by atoms with E-state index in [0.29, 0.717) is 19.3 Å². The second-order valence-electron chi connectivity index (χ2n) is 6.94. The molecular weight excluding hydrogens is 308 g/mol. The molecule has 1 rings (SSSR count). The van der Waals surface area contributed by atoms with Crippen LogP contribution in [0.5, 0.6) is 0 Å². The molecule has 2 atom stereocenters. The Labute approximate surface area is 137 Å². The summed E-state index contributed by atoms with van der Waals surface area (Å²) in [5.74, 6) is -4.19. The monoisotopic (exact) mass is 337 g/mol. The van der Waals surface area contributed by atoms with Crippen LogP contribution in [0.3, 0.4) is 0 Å². The lowest BCUT2D eigenvalue weighted by molar-refractivity contribution is -0.148. The van der Waals surface area contributed by atoms with Gasteiger partial charge < -0.3 is 14.8 Å². The average Bonchev–Trinajstić information content (AvgIpc) is 2.55. The van der Waals surface area contributed by atoms with Crippen molar-refractivity contribution in [2.24, 2.45) is 5.92 Å². The summed E-state index contributed by atoms with van der Waals surface area (Å²) in [6, 6.07) is -1.12. The van der Waals surface area contributed by atoms with E-state index in [4.69, 9.17) is 9.47 Å². The van der Waals surface area contributed by atoms with Gasteiger partial charge in [0, 0.05) is 14.3 Å². The van der Waals surface area contributed by atoms with Crippen molar-refractivity contribution in [2.45, 2.75) is 77.4 Å². The fourth-order valence-corrected chi connectivity index (χ4v) is 2.70. The first kappa shape index (κ1) is 19.6. The fraction of sp³-hybridized carbons (Fsp3) is 0.875. The van der Waals surface area contributed by atoms with Gasteiger partial charge in [0.1, 0.15) is 11.6 Å². The third kappa shape index (κ3) is 7.14. The second-order valence-corrected chi connectivity index (χ2v) is 6.94. The summed E-state index contributed by atoms with van der Waals surface area (Å²) >= 11 is 0. The molecule has 136 valence electrons. The smallest absolute Gasteiger partial charge is 0.408 e. The maximum absolute atomic E-state index is 13.8. The van der Waals surface area contributed by atoms with Crippen LogP contribution in [-0.2, 0) is 14.3 Å². The van der Waals surface area contributed by atoms with Gasteiger partial charge in [0.05, 0.1) is 6.61 Å². The second kappa shape index (κ2) is 7.93. The molecular formula is C16H29F2NO4. The molecule has 1 N–H and O–H groups in total. The molecule has 0 unspecified atom stereocenters. The van der Waals surface area contributed by atoms with Crippen LogP contribution in [0.2, 0.25) is 0 Å². The number of ether oxygens (including phenoxy) is 2. The SMILES string of the molecule is CCOC(=O)[C@@H](NC(=O)OC(C)(C)C)[C@H]1CCCCC(F)(F)C1.[HH]. The van der Waals surface area contributed by atoms with E-state index in [0.717, 1.165) is 0 Å². The minimum absolute atomic E-state index is 0. The van der Waals surface area contributed by atoms with Crippen LogP contribution in [0.4, 0.5) is 13.6 Å². The minimum Gasteiger partial charge on any atom is -0.464 e. The van der Waals surface area contributed by atoms with Crippen LogP contribution in [-0.4, -0.2) is 36.2 Å². The molecule has 0 aromatic heterocycles. The van der Waals surface area contributed by atoms with E-state index in [-0.39, 0.29) is 14.5 Å². The number of nitrogens with one attached hydrogen (secondary N) is 1. The summed E-state index contributed by atoms with van der Waals surface area (Å²) in [6.07, 6.45) is 0.00713. The van der Waals surface area contributed by atoms with Gasteiger partial charge in [-0.25, -0.2) is 18.4 Å². The van der Waals surface area contributed by atoms with Gasteiger partial charge in [-0.1, -0.05) is 6.42 Å². The number of hydrogen-bond donors (Lipinski definition) is 1. The van der Waals surface area contributed by atoms with Crippen LogP contribution >= 0.6 is 0 Å². The molecule has 1 aliphatic rings. The number of alkyl halides is 2. The first-order valence-corrected chi connectivity index (χ1v) is 8.08. The number of amides is 1. The highest BCUT2D eigenvalue weighted by atomic mass is 19.3. The highest BCUT2D eigenvalue weighted by Gasteiger charge is 2.41. The van der Waals surface area contributed by atoms with Gasteiger partial charge in [-0.3, -0.25) is 0 Å². The summed E-state index contributed by atoms with van der Waals surface area (Å²) in [5, 5.41) is 2.42. The van der Waals surface area contributed by atoms with Gasteiger partial charge in [0.15, 0.2) is 0 Å². The molecule has 1 fully saturated rings. The summed E-state index contributed by atoms with van der Waals surface area (Å²) in [7, 11) is 0. The zero-order valence-electron chi connectivity index (χ0n) is 14.3. The first-order valence-electron chi connectivity index (χ1n) is 8.08.